The van der Waals surface area contributed by atoms with Crippen molar-refractivity contribution in [1.29, 1.82) is 0 Å². The van der Waals surface area contributed by atoms with Crippen molar-refractivity contribution in [3.63, 3.8) is 0 Å². The minimum absolute atomic E-state index is 0.488. The molecule has 1 aliphatic heterocycles. The second-order valence-corrected chi connectivity index (χ2v) is 4.26. The Kier molecular flexibility index (Phi) is 2.25. The lowest BCUT2D eigenvalue weighted by Gasteiger charge is -2.19. The van der Waals surface area contributed by atoms with E-state index in [0.29, 0.717) is 5.92 Å². The first kappa shape index (κ1) is 9.59. The van der Waals surface area contributed by atoms with Crippen molar-refractivity contribution in [2.45, 2.75) is 18.8 Å². The Hall–Kier alpha value is -1.62. The molecule has 1 aliphatic rings. The first-order chi connectivity index (χ1) is 7.83. The lowest BCUT2D eigenvalue weighted by atomic mass is 9.98. The SMILES string of the molecule is Nc1ccn2nc(C3CCNCC3)nc2c1. The van der Waals surface area contributed by atoms with Crippen LogP contribution >= 0.6 is 0 Å². The molecule has 0 atom stereocenters. The Balaban J connectivity index is 1.97. The minimum atomic E-state index is 0.488. The van der Waals surface area contributed by atoms with E-state index < -0.39 is 0 Å². The zero-order chi connectivity index (χ0) is 11.0. The number of hydrogen-bond acceptors (Lipinski definition) is 4. The average Bonchev–Trinajstić information content (AvgIpc) is 2.73. The molecular weight excluding hydrogens is 202 g/mol. The number of fused-ring (bicyclic) bond motifs is 1. The van der Waals surface area contributed by atoms with Crippen molar-refractivity contribution >= 4 is 11.3 Å². The van der Waals surface area contributed by atoms with E-state index in [0.717, 1.165) is 43.1 Å². The summed E-state index contributed by atoms with van der Waals surface area (Å²) in [6, 6.07) is 3.70. The van der Waals surface area contributed by atoms with Crippen molar-refractivity contribution in [2.24, 2.45) is 0 Å². The maximum absolute atomic E-state index is 5.72. The number of hydrogen-bond donors (Lipinski definition) is 2. The molecule has 3 heterocycles. The topological polar surface area (TPSA) is 68.2 Å². The van der Waals surface area contributed by atoms with Crippen LogP contribution in [0.4, 0.5) is 5.69 Å². The molecule has 0 aromatic carbocycles. The summed E-state index contributed by atoms with van der Waals surface area (Å²) in [6.07, 6.45) is 4.10. The molecule has 2 aromatic heterocycles. The smallest absolute Gasteiger partial charge is 0.157 e. The molecule has 3 N–H and O–H groups in total. The fourth-order valence-corrected chi connectivity index (χ4v) is 2.17. The number of nitrogens with zero attached hydrogens (tertiary/aromatic N) is 3. The van der Waals surface area contributed by atoms with Gasteiger partial charge in [-0.25, -0.2) is 9.50 Å². The number of nitrogens with two attached hydrogens (primary N) is 1. The van der Waals surface area contributed by atoms with E-state index in [-0.39, 0.29) is 0 Å². The van der Waals surface area contributed by atoms with E-state index in [1.165, 1.54) is 0 Å². The van der Waals surface area contributed by atoms with Crippen molar-refractivity contribution in [1.82, 2.24) is 19.9 Å². The third kappa shape index (κ3) is 1.63. The third-order valence-corrected chi connectivity index (χ3v) is 3.08. The van der Waals surface area contributed by atoms with Crippen LogP contribution in [0.25, 0.3) is 5.65 Å². The number of nitrogens with one attached hydrogen (secondary N) is 1. The molecule has 0 aliphatic carbocycles. The highest BCUT2D eigenvalue weighted by molar-refractivity contribution is 5.50. The quantitative estimate of drug-likeness (QED) is 0.740. The second kappa shape index (κ2) is 3.75. The summed E-state index contributed by atoms with van der Waals surface area (Å²) in [5.74, 6) is 1.44. The van der Waals surface area contributed by atoms with Gasteiger partial charge in [0.15, 0.2) is 11.5 Å². The molecule has 16 heavy (non-hydrogen) atoms. The van der Waals surface area contributed by atoms with Gasteiger partial charge in [0.1, 0.15) is 0 Å². The molecule has 0 bridgehead atoms. The summed E-state index contributed by atoms with van der Waals surface area (Å²) in [5.41, 5.74) is 7.29. The summed E-state index contributed by atoms with van der Waals surface area (Å²) in [5, 5.41) is 7.84. The molecule has 5 heteroatoms. The lowest BCUT2D eigenvalue weighted by molar-refractivity contribution is 0.445. The summed E-state index contributed by atoms with van der Waals surface area (Å²) >= 11 is 0. The molecule has 0 spiro atoms. The minimum Gasteiger partial charge on any atom is -0.399 e. The van der Waals surface area contributed by atoms with Crippen LogP contribution in [0.2, 0.25) is 0 Å². The number of rotatable bonds is 1. The molecule has 3 rings (SSSR count). The van der Waals surface area contributed by atoms with E-state index in [1.54, 1.807) is 4.52 Å². The van der Waals surface area contributed by atoms with E-state index in [4.69, 9.17) is 5.73 Å². The molecule has 0 saturated carbocycles. The van der Waals surface area contributed by atoms with Gasteiger partial charge in [0.2, 0.25) is 0 Å². The molecule has 1 fully saturated rings. The van der Waals surface area contributed by atoms with Crippen LogP contribution in [-0.2, 0) is 0 Å². The summed E-state index contributed by atoms with van der Waals surface area (Å²) in [6.45, 7) is 2.12. The zero-order valence-corrected chi connectivity index (χ0v) is 9.06. The van der Waals surface area contributed by atoms with Crippen LogP contribution < -0.4 is 11.1 Å². The highest BCUT2D eigenvalue weighted by atomic mass is 15.3. The fraction of sp³-hybridized carbons (Fsp3) is 0.455. The molecule has 0 radical (unpaired) electrons. The van der Waals surface area contributed by atoms with E-state index >= 15 is 0 Å². The standard InChI is InChI=1S/C11H15N5/c12-9-3-6-16-10(7-9)14-11(15-16)8-1-4-13-5-2-8/h3,6-8,13H,1-2,4-5,12H2. The normalized spacial score (nSPS) is 18.0. The lowest BCUT2D eigenvalue weighted by Crippen LogP contribution is -2.27. The highest BCUT2D eigenvalue weighted by Gasteiger charge is 2.19. The summed E-state index contributed by atoms with van der Waals surface area (Å²) in [7, 11) is 0. The van der Waals surface area contributed by atoms with Gasteiger partial charge in [0.05, 0.1) is 0 Å². The molecule has 1 saturated heterocycles. The second-order valence-electron chi connectivity index (χ2n) is 4.26. The van der Waals surface area contributed by atoms with Gasteiger partial charge in [-0.15, -0.1) is 0 Å². The fourth-order valence-electron chi connectivity index (χ4n) is 2.17. The Bertz CT molecular complexity index is 498. The van der Waals surface area contributed by atoms with Crippen LogP contribution in [0.15, 0.2) is 18.3 Å². The van der Waals surface area contributed by atoms with Crippen LogP contribution in [-0.4, -0.2) is 27.7 Å². The van der Waals surface area contributed by atoms with Gasteiger partial charge in [-0.2, -0.15) is 5.10 Å². The Morgan fingerprint density at radius 1 is 1.38 bits per heavy atom. The van der Waals surface area contributed by atoms with E-state index in [9.17, 15) is 0 Å². The predicted octanol–water partition coefficient (Wildman–Crippen LogP) is 0.778. The third-order valence-electron chi connectivity index (χ3n) is 3.08. The number of nitrogen functional groups attached to an aromatic ring is 1. The zero-order valence-electron chi connectivity index (χ0n) is 9.06. The van der Waals surface area contributed by atoms with Gasteiger partial charge in [0.25, 0.3) is 0 Å². The number of anilines is 1. The monoisotopic (exact) mass is 217 g/mol. The number of pyridine rings is 1. The number of piperidine rings is 1. The average molecular weight is 217 g/mol. The van der Waals surface area contributed by atoms with E-state index in [1.807, 2.05) is 18.3 Å². The van der Waals surface area contributed by atoms with Gasteiger partial charge in [-0.3, -0.25) is 0 Å². The van der Waals surface area contributed by atoms with Gasteiger partial charge >= 0.3 is 0 Å². The van der Waals surface area contributed by atoms with Crippen molar-refractivity contribution in [3.05, 3.63) is 24.2 Å². The van der Waals surface area contributed by atoms with Gasteiger partial charge in [0, 0.05) is 23.9 Å². The molecule has 0 amide bonds. The highest BCUT2D eigenvalue weighted by Crippen LogP contribution is 2.22. The van der Waals surface area contributed by atoms with Crippen LogP contribution in [0.1, 0.15) is 24.6 Å². The van der Waals surface area contributed by atoms with Gasteiger partial charge < -0.3 is 11.1 Å². The number of aromatic nitrogens is 3. The van der Waals surface area contributed by atoms with E-state index in [2.05, 4.69) is 15.4 Å². The van der Waals surface area contributed by atoms with Gasteiger partial charge in [-0.1, -0.05) is 0 Å². The predicted molar refractivity (Wildman–Crippen MR) is 62.2 cm³/mol. The van der Waals surface area contributed by atoms with Gasteiger partial charge in [-0.05, 0) is 32.0 Å². The largest absolute Gasteiger partial charge is 0.399 e. The first-order valence-electron chi connectivity index (χ1n) is 5.65. The van der Waals surface area contributed by atoms with Crippen LogP contribution in [0, 0.1) is 0 Å². The molecule has 2 aromatic rings. The Labute approximate surface area is 93.7 Å². The summed E-state index contributed by atoms with van der Waals surface area (Å²) in [4.78, 5) is 4.54. The van der Waals surface area contributed by atoms with Crippen molar-refractivity contribution < 1.29 is 0 Å². The molecular formula is C11H15N5. The maximum atomic E-state index is 5.72. The van der Waals surface area contributed by atoms with Crippen molar-refractivity contribution in [3.8, 4) is 0 Å². The van der Waals surface area contributed by atoms with Crippen LogP contribution in [0.5, 0.6) is 0 Å². The Morgan fingerprint density at radius 3 is 3.00 bits per heavy atom. The molecule has 0 unspecified atom stereocenters. The maximum Gasteiger partial charge on any atom is 0.157 e. The summed E-state index contributed by atoms with van der Waals surface area (Å²) < 4.78 is 1.80. The van der Waals surface area contributed by atoms with Crippen molar-refractivity contribution in [2.75, 3.05) is 18.8 Å². The van der Waals surface area contributed by atoms with Crippen LogP contribution in [0.3, 0.4) is 0 Å². The first-order valence-corrected chi connectivity index (χ1v) is 5.65. The molecule has 84 valence electrons. The molecule has 5 nitrogen and oxygen atoms in total. The Morgan fingerprint density at radius 2 is 2.19 bits per heavy atom.